The topological polar surface area (TPSA) is 49.2 Å². The van der Waals surface area contributed by atoms with Gasteiger partial charge in [0.25, 0.3) is 0 Å². The van der Waals surface area contributed by atoms with Gasteiger partial charge < -0.3 is 10.0 Å². The fourth-order valence-corrected chi connectivity index (χ4v) is 2.03. The van der Waals surface area contributed by atoms with Gasteiger partial charge in [-0.15, -0.1) is 0 Å². The van der Waals surface area contributed by atoms with Crippen LogP contribution in [0, 0.1) is 5.92 Å². The Morgan fingerprint density at radius 3 is 3.00 bits per heavy atom. The molecule has 0 aromatic carbocycles. The predicted octanol–water partition coefficient (Wildman–Crippen LogP) is 1.34. The molecule has 0 aliphatic carbocycles. The molecule has 1 N–H and O–H groups in total. The van der Waals surface area contributed by atoms with E-state index in [4.69, 9.17) is 11.6 Å². The summed E-state index contributed by atoms with van der Waals surface area (Å²) in [6.45, 7) is 3.59. The second-order valence-electron chi connectivity index (χ2n) is 3.93. The van der Waals surface area contributed by atoms with Gasteiger partial charge in [-0.3, -0.25) is 0 Å². The summed E-state index contributed by atoms with van der Waals surface area (Å²) in [6, 6.07) is 1.76. The summed E-state index contributed by atoms with van der Waals surface area (Å²) in [4.78, 5) is 10.1. The van der Waals surface area contributed by atoms with Crippen molar-refractivity contribution in [3.63, 3.8) is 0 Å². The van der Waals surface area contributed by atoms with Crippen LogP contribution in [0.2, 0.25) is 5.15 Å². The molecule has 4 nitrogen and oxygen atoms in total. The fraction of sp³-hybridized carbons (Fsp3) is 0.600. The van der Waals surface area contributed by atoms with Crippen LogP contribution in [0.3, 0.4) is 0 Å². The highest BCUT2D eigenvalue weighted by molar-refractivity contribution is 6.29. The van der Waals surface area contributed by atoms with Gasteiger partial charge in [0.2, 0.25) is 0 Å². The molecule has 1 aromatic rings. The quantitative estimate of drug-likeness (QED) is 0.775. The number of aromatic nitrogens is 2. The molecular formula is C10H14ClN3O. The molecule has 0 unspecified atom stereocenters. The Morgan fingerprint density at radius 1 is 1.60 bits per heavy atom. The van der Waals surface area contributed by atoms with E-state index in [1.807, 2.05) is 6.92 Å². The first-order valence-electron chi connectivity index (χ1n) is 5.07. The molecule has 1 aromatic heterocycles. The molecule has 0 radical (unpaired) electrons. The van der Waals surface area contributed by atoms with Crippen molar-refractivity contribution in [2.45, 2.75) is 19.4 Å². The van der Waals surface area contributed by atoms with E-state index in [2.05, 4.69) is 14.9 Å². The van der Waals surface area contributed by atoms with Crippen LogP contribution in [0.25, 0.3) is 0 Å². The molecule has 0 bridgehead atoms. The van der Waals surface area contributed by atoms with Gasteiger partial charge in [-0.1, -0.05) is 11.6 Å². The van der Waals surface area contributed by atoms with Gasteiger partial charge in [0.1, 0.15) is 17.3 Å². The first-order chi connectivity index (χ1) is 7.16. The third-order valence-electron chi connectivity index (χ3n) is 2.85. The SMILES string of the molecule is C[C@H](O)[C@@H]1CCN(c2cc(Cl)ncn2)C1. The zero-order valence-electron chi connectivity index (χ0n) is 8.60. The zero-order chi connectivity index (χ0) is 10.8. The van der Waals surface area contributed by atoms with Crippen LogP contribution >= 0.6 is 11.6 Å². The van der Waals surface area contributed by atoms with Crippen LogP contribution in [0.5, 0.6) is 0 Å². The minimum atomic E-state index is -0.257. The van der Waals surface area contributed by atoms with E-state index in [-0.39, 0.29) is 6.10 Å². The van der Waals surface area contributed by atoms with E-state index in [9.17, 15) is 5.11 Å². The number of aliphatic hydroxyl groups is 1. The highest BCUT2D eigenvalue weighted by Gasteiger charge is 2.26. The van der Waals surface area contributed by atoms with E-state index in [0.29, 0.717) is 11.1 Å². The van der Waals surface area contributed by atoms with Crippen molar-refractivity contribution in [2.75, 3.05) is 18.0 Å². The van der Waals surface area contributed by atoms with E-state index < -0.39 is 0 Å². The molecule has 5 heteroatoms. The van der Waals surface area contributed by atoms with Crippen LogP contribution in [-0.2, 0) is 0 Å². The highest BCUT2D eigenvalue weighted by Crippen LogP contribution is 2.24. The molecule has 1 saturated heterocycles. The van der Waals surface area contributed by atoms with Crippen molar-refractivity contribution in [1.82, 2.24) is 9.97 Å². The number of rotatable bonds is 2. The summed E-state index contributed by atoms with van der Waals surface area (Å²) < 4.78 is 0. The van der Waals surface area contributed by atoms with Crippen LogP contribution in [0.15, 0.2) is 12.4 Å². The number of nitrogens with zero attached hydrogens (tertiary/aromatic N) is 3. The van der Waals surface area contributed by atoms with Crippen molar-refractivity contribution in [1.29, 1.82) is 0 Å². The van der Waals surface area contributed by atoms with Gasteiger partial charge in [0.15, 0.2) is 0 Å². The fourth-order valence-electron chi connectivity index (χ4n) is 1.89. The van der Waals surface area contributed by atoms with E-state index in [1.54, 1.807) is 6.07 Å². The maximum atomic E-state index is 9.49. The maximum absolute atomic E-state index is 9.49. The van der Waals surface area contributed by atoms with Crippen molar-refractivity contribution >= 4 is 17.4 Å². The first-order valence-corrected chi connectivity index (χ1v) is 5.45. The largest absolute Gasteiger partial charge is 0.393 e. The number of aliphatic hydroxyl groups excluding tert-OH is 1. The number of hydrogen-bond donors (Lipinski definition) is 1. The number of halogens is 1. The molecule has 15 heavy (non-hydrogen) atoms. The first kappa shape index (κ1) is 10.6. The van der Waals surface area contributed by atoms with E-state index in [0.717, 1.165) is 25.3 Å². The monoisotopic (exact) mass is 227 g/mol. The molecular weight excluding hydrogens is 214 g/mol. The summed E-state index contributed by atoms with van der Waals surface area (Å²) in [5.74, 6) is 1.18. The highest BCUT2D eigenvalue weighted by atomic mass is 35.5. The standard InChI is InChI=1S/C10H14ClN3O/c1-7(15)8-2-3-14(5-8)10-4-9(11)12-6-13-10/h4,6-8,15H,2-3,5H2,1H3/t7-,8+/m0/s1. The van der Waals surface area contributed by atoms with Crippen molar-refractivity contribution in [3.05, 3.63) is 17.5 Å². The van der Waals surface area contributed by atoms with Gasteiger partial charge in [-0.05, 0) is 13.3 Å². The zero-order valence-corrected chi connectivity index (χ0v) is 9.35. The van der Waals surface area contributed by atoms with Gasteiger partial charge in [0.05, 0.1) is 6.10 Å². The van der Waals surface area contributed by atoms with Crippen LogP contribution < -0.4 is 4.90 Å². The molecule has 0 spiro atoms. The summed E-state index contributed by atoms with van der Waals surface area (Å²) in [5, 5.41) is 9.94. The normalized spacial score (nSPS) is 23.1. The average Bonchev–Trinajstić information content (AvgIpc) is 2.66. The molecule has 82 valence electrons. The summed E-state index contributed by atoms with van der Waals surface area (Å²) in [5.41, 5.74) is 0. The summed E-state index contributed by atoms with van der Waals surface area (Å²) >= 11 is 5.80. The molecule has 1 aliphatic rings. The predicted molar refractivity (Wildman–Crippen MR) is 59.0 cm³/mol. The molecule has 2 atom stereocenters. The summed E-state index contributed by atoms with van der Waals surface area (Å²) in [7, 11) is 0. The lowest BCUT2D eigenvalue weighted by molar-refractivity contribution is 0.136. The van der Waals surface area contributed by atoms with Crippen LogP contribution in [-0.4, -0.2) is 34.3 Å². The van der Waals surface area contributed by atoms with Gasteiger partial charge >= 0.3 is 0 Å². The van der Waals surface area contributed by atoms with Crippen LogP contribution in [0.4, 0.5) is 5.82 Å². The van der Waals surface area contributed by atoms with E-state index >= 15 is 0 Å². The minimum Gasteiger partial charge on any atom is -0.393 e. The minimum absolute atomic E-state index is 0.257. The molecule has 0 amide bonds. The smallest absolute Gasteiger partial charge is 0.134 e. The van der Waals surface area contributed by atoms with Gasteiger partial charge in [0, 0.05) is 25.1 Å². The number of hydrogen-bond acceptors (Lipinski definition) is 4. The lowest BCUT2D eigenvalue weighted by atomic mass is 10.0. The van der Waals surface area contributed by atoms with Crippen molar-refractivity contribution < 1.29 is 5.11 Å². The molecule has 2 rings (SSSR count). The number of anilines is 1. The van der Waals surface area contributed by atoms with Gasteiger partial charge in [-0.2, -0.15) is 0 Å². The van der Waals surface area contributed by atoms with E-state index in [1.165, 1.54) is 6.33 Å². The molecule has 2 heterocycles. The van der Waals surface area contributed by atoms with Crippen molar-refractivity contribution in [2.24, 2.45) is 5.92 Å². The third-order valence-corrected chi connectivity index (χ3v) is 3.06. The van der Waals surface area contributed by atoms with Gasteiger partial charge in [-0.25, -0.2) is 9.97 Å². The lowest BCUT2D eigenvalue weighted by Gasteiger charge is -2.18. The Morgan fingerprint density at radius 2 is 2.40 bits per heavy atom. The lowest BCUT2D eigenvalue weighted by Crippen LogP contribution is -2.24. The Kier molecular flexibility index (Phi) is 3.07. The van der Waals surface area contributed by atoms with Crippen LogP contribution in [0.1, 0.15) is 13.3 Å². The second-order valence-corrected chi connectivity index (χ2v) is 4.32. The van der Waals surface area contributed by atoms with Crippen molar-refractivity contribution in [3.8, 4) is 0 Å². The Labute approximate surface area is 93.9 Å². The molecule has 1 aliphatic heterocycles. The Hall–Kier alpha value is -0.870. The Balaban J connectivity index is 2.08. The average molecular weight is 228 g/mol. The third kappa shape index (κ3) is 2.38. The maximum Gasteiger partial charge on any atom is 0.134 e. The second kappa shape index (κ2) is 4.33. The molecule has 0 saturated carbocycles. The summed E-state index contributed by atoms with van der Waals surface area (Å²) in [6.07, 6.45) is 2.21. The molecule has 1 fully saturated rings. The Bertz CT molecular complexity index is 345.